The topological polar surface area (TPSA) is 87.7 Å². The molecule has 12 heavy (non-hydrogen) atoms. The van der Waals surface area contributed by atoms with Crippen molar-refractivity contribution in [3.05, 3.63) is 12.2 Å². The van der Waals surface area contributed by atoms with Gasteiger partial charge in [0.1, 0.15) is 12.2 Å². The Morgan fingerprint density at radius 1 is 1.67 bits per heavy atom. The molecule has 0 aliphatic rings. The molecule has 1 rings (SSSR count). The predicted molar refractivity (Wildman–Crippen MR) is 42.8 cm³/mol. The van der Waals surface area contributed by atoms with Gasteiger partial charge >= 0.3 is 0 Å². The molecular formula is C5H10N4O2S. The zero-order valence-electron chi connectivity index (χ0n) is 6.77. The van der Waals surface area contributed by atoms with Crippen molar-refractivity contribution in [1.82, 2.24) is 19.9 Å². The van der Waals surface area contributed by atoms with E-state index < -0.39 is 10.0 Å². The van der Waals surface area contributed by atoms with Gasteiger partial charge in [0, 0.05) is 0 Å². The minimum atomic E-state index is -3.19. The summed E-state index contributed by atoms with van der Waals surface area (Å²) in [5, 5.41) is 6.17. The Labute approximate surface area is 70.5 Å². The van der Waals surface area contributed by atoms with Gasteiger partial charge in [0.05, 0.1) is 12.3 Å². The first-order valence-corrected chi connectivity index (χ1v) is 5.21. The fourth-order valence-electron chi connectivity index (χ4n) is 0.800. The molecule has 0 aliphatic heterocycles. The van der Waals surface area contributed by atoms with Gasteiger partial charge in [-0.25, -0.2) is 18.1 Å². The summed E-state index contributed by atoms with van der Waals surface area (Å²) >= 11 is 0. The van der Waals surface area contributed by atoms with E-state index >= 15 is 0 Å². The van der Waals surface area contributed by atoms with Crippen LogP contribution in [0, 0.1) is 0 Å². The van der Waals surface area contributed by atoms with Crippen LogP contribution in [0.15, 0.2) is 6.33 Å². The van der Waals surface area contributed by atoms with Crippen molar-refractivity contribution < 1.29 is 8.42 Å². The van der Waals surface area contributed by atoms with E-state index in [0.717, 1.165) is 6.26 Å². The van der Waals surface area contributed by atoms with Crippen molar-refractivity contribution >= 4 is 10.0 Å². The van der Waals surface area contributed by atoms with Crippen molar-refractivity contribution in [2.24, 2.45) is 0 Å². The number of hydrogen-bond donors (Lipinski definition) is 2. The van der Waals surface area contributed by atoms with E-state index in [1.807, 2.05) is 0 Å². The Hall–Kier alpha value is -0.950. The van der Waals surface area contributed by atoms with E-state index in [1.165, 1.54) is 6.33 Å². The highest BCUT2D eigenvalue weighted by Crippen LogP contribution is 2.04. The van der Waals surface area contributed by atoms with Crippen LogP contribution in [0.2, 0.25) is 0 Å². The Morgan fingerprint density at radius 3 is 2.75 bits per heavy atom. The zero-order chi connectivity index (χ0) is 9.19. The number of sulfonamides is 1. The van der Waals surface area contributed by atoms with E-state index in [9.17, 15) is 8.42 Å². The Kier molecular flexibility index (Phi) is 2.43. The molecule has 7 heteroatoms. The fourth-order valence-corrected chi connectivity index (χ4v) is 1.55. The molecule has 0 fully saturated rings. The maximum absolute atomic E-state index is 10.8. The summed E-state index contributed by atoms with van der Waals surface area (Å²) in [4.78, 5) is 3.81. The number of aromatic amines is 1. The molecule has 0 saturated heterocycles. The second-order valence-corrected chi connectivity index (χ2v) is 4.26. The molecule has 0 radical (unpaired) electrons. The number of rotatable bonds is 3. The lowest BCUT2D eigenvalue weighted by Crippen LogP contribution is -2.26. The van der Waals surface area contributed by atoms with Gasteiger partial charge in [-0.2, -0.15) is 5.10 Å². The molecule has 0 spiro atoms. The summed E-state index contributed by atoms with van der Waals surface area (Å²) in [6, 6.07) is -0.373. The summed E-state index contributed by atoms with van der Waals surface area (Å²) in [5.74, 6) is 0.500. The average Bonchev–Trinajstić information content (AvgIpc) is 2.32. The molecule has 1 aromatic rings. The van der Waals surface area contributed by atoms with Crippen molar-refractivity contribution in [2.45, 2.75) is 13.0 Å². The molecule has 1 unspecified atom stereocenters. The lowest BCUT2D eigenvalue weighted by atomic mass is 10.3. The van der Waals surface area contributed by atoms with Gasteiger partial charge in [-0.3, -0.25) is 5.10 Å². The molecule has 6 nitrogen and oxygen atoms in total. The van der Waals surface area contributed by atoms with Crippen LogP contribution in [0.3, 0.4) is 0 Å². The molecule has 0 aromatic carbocycles. The molecule has 0 bridgehead atoms. The lowest BCUT2D eigenvalue weighted by Gasteiger charge is -2.07. The van der Waals surface area contributed by atoms with Gasteiger partial charge in [-0.15, -0.1) is 0 Å². The molecular weight excluding hydrogens is 180 g/mol. The standard InChI is InChI=1S/C5H10N4O2S/c1-4(9-12(2,10)11)5-6-3-7-8-5/h3-4,9H,1-2H3,(H,6,7,8). The number of aromatic nitrogens is 3. The maximum Gasteiger partial charge on any atom is 0.209 e. The molecule has 1 aromatic heterocycles. The Morgan fingerprint density at radius 2 is 2.33 bits per heavy atom. The smallest absolute Gasteiger partial charge is 0.209 e. The fraction of sp³-hybridized carbons (Fsp3) is 0.600. The Balaban J connectivity index is 2.68. The first kappa shape index (κ1) is 9.14. The quantitative estimate of drug-likeness (QED) is 0.667. The number of H-pyrrole nitrogens is 1. The van der Waals surface area contributed by atoms with Crippen LogP contribution >= 0.6 is 0 Å². The average molecular weight is 190 g/mol. The monoisotopic (exact) mass is 190 g/mol. The van der Waals surface area contributed by atoms with E-state index in [1.54, 1.807) is 6.92 Å². The van der Waals surface area contributed by atoms with Crippen LogP contribution in [0.25, 0.3) is 0 Å². The first-order chi connectivity index (χ1) is 5.49. The minimum absolute atomic E-state index is 0.373. The van der Waals surface area contributed by atoms with Crippen LogP contribution < -0.4 is 4.72 Å². The number of hydrogen-bond acceptors (Lipinski definition) is 4. The van der Waals surface area contributed by atoms with E-state index in [4.69, 9.17) is 0 Å². The van der Waals surface area contributed by atoms with Gasteiger partial charge in [-0.05, 0) is 6.92 Å². The van der Waals surface area contributed by atoms with Crippen LogP contribution in [0.1, 0.15) is 18.8 Å². The molecule has 1 atom stereocenters. The van der Waals surface area contributed by atoms with E-state index in [0.29, 0.717) is 5.82 Å². The first-order valence-electron chi connectivity index (χ1n) is 3.31. The Bertz CT molecular complexity index is 330. The molecule has 2 N–H and O–H groups in total. The number of nitrogens with zero attached hydrogens (tertiary/aromatic N) is 2. The zero-order valence-corrected chi connectivity index (χ0v) is 7.59. The van der Waals surface area contributed by atoms with Gasteiger partial charge in [-0.1, -0.05) is 0 Å². The lowest BCUT2D eigenvalue weighted by molar-refractivity contribution is 0.566. The normalized spacial score (nSPS) is 14.5. The third-order valence-corrected chi connectivity index (χ3v) is 2.02. The third-order valence-electron chi connectivity index (χ3n) is 1.23. The second-order valence-electron chi connectivity index (χ2n) is 2.48. The van der Waals surface area contributed by atoms with Crippen molar-refractivity contribution in [3.8, 4) is 0 Å². The SMILES string of the molecule is CC(NS(C)(=O)=O)c1ncn[nH]1. The van der Waals surface area contributed by atoms with Crippen LogP contribution in [-0.2, 0) is 10.0 Å². The van der Waals surface area contributed by atoms with Gasteiger partial charge in [0.25, 0.3) is 0 Å². The molecule has 68 valence electrons. The van der Waals surface area contributed by atoms with Crippen LogP contribution in [0.4, 0.5) is 0 Å². The van der Waals surface area contributed by atoms with Crippen molar-refractivity contribution in [3.63, 3.8) is 0 Å². The molecule has 1 heterocycles. The van der Waals surface area contributed by atoms with Gasteiger partial charge < -0.3 is 0 Å². The van der Waals surface area contributed by atoms with Crippen LogP contribution in [0.5, 0.6) is 0 Å². The largest absolute Gasteiger partial charge is 0.262 e. The summed E-state index contributed by atoms with van der Waals surface area (Å²) in [7, 11) is -3.19. The maximum atomic E-state index is 10.8. The van der Waals surface area contributed by atoms with Crippen molar-refractivity contribution in [2.75, 3.05) is 6.26 Å². The highest BCUT2D eigenvalue weighted by atomic mass is 32.2. The molecule has 0 saturated carbocycles. The van der Waals surface area contributed by atoms with Crippen molar-refractivity contribution in [1.29, 1.82) is 0 Å². The minimum Gasteiger partial charge on any atom is -0.262 e. The second kappa shape index (κ2) is 3.20. The van der Waals surface area contributed by atoms with E-state index in [2.05, 4.69) is 19.9 Å². The predicted octanol–water partition coefficient (Wildman–Crippen LogP) is -0.585. The van der Waals surface area contributed by atoms with Gasteiger partial charge in [0.2, 0.25) is 10.0 Å². The number of nitrogens with one attached hydrogen (secondary N) is 2. The van der Waals surface area contributed by atoms with Gasteiger partial charge in [0.15, 0.2) is 0 Å². The third kappa shape index (κ3) is 2.59. The summed E-state index contributed by atoms with van der Waals surface area (Å²) < 4.78 is 23.9. The summed E-state index contributed by atoms with van der Waals surface area (Å²) in [6.07, 6.45) is 2.43. The molecule has 0 aliphatic carbocycles. The highest BCUT2D eigenvalue weighted by molar-refractivity contribution is 7.88. The van der Waals surface area contributed by atoms with Crippen LogP contribution in [-0.4, -0.2) is 29.9 Å². The highest BCUT2D eigenvalue weighted by Gasteiger charge is 2.12. The summed E-state index contributed by atoms with van der Waals surface area (Å²) in [5.41, 5.74) is 0. The van der Waals surface area contributed by atoms with E-state index in [-0.39, 0.29) is 6.04 Å². The summed E-state index contributed by atoms with van der Waals surface area (Å²) in [6.45, 7) is 1.68. The molecule has 0 amide bonds.